The molecule has 1 heterocycles. The smallest absolute Gasteiger partial charge is 0.0702 e. The van der Waals surface area contributed by atoms with Gasteiger partial charge in [0.1, 0.15) is 0 Å². The van der Waals surface area contributed by atoms with Crippen molar-refractivity contribution in [1.29, 1.82) is 0 Å². The Hall–Kier alpha value is -0.120. The second-order valence-electron chi connectivity index (χ2n) is 4.79. The maximum absolute atomic E-state index is 9.88. The molecule has 1 aliphatic heterocycles. The minimum absolute atomic E-state index is 0.105. The fourth-order valence-electron chi connectivity index (χ4n) is 2.90. The lowest BCUT2D eigenvalue weighted by Crippen LogP contribution is -2.44. The van der Waals surface area contributed by atoms with Gasteiger partial charge in [-0.1, -0.05) is 6.92 Å². The van der Waals surface area contributed by atoms with Crippen LogP contribution < -0.4 is 0 Å². The Morgan fingerprint density at radius 1 is 1.27 bits per heavy atom. The van der Waals surface area contributed by atoms with Crippen LogP contribution in [0.3, 0.4) is 0 Å². The third kappa shape index (κ3) is 2.71. The van der Waals surface area contributed by atoms with E-state index in [1.165, 1.54) is 19.3 Å². The molecular weight excluding hydrogens is 190 g/mol. The molecule has 0 aromatic heterocycles. The Bertz CT molecular complexity index is 192. The number of hydrogen-bond donors (Lipinski definition) is 1. The van der Waals surface area contributed by atoms with Gasteiger partial charge in [-0.2, -0.15) is 0 Å². The van der Waals surface area contributed by atoms with Crippen LogP contribution in [-0.2, 0) is 4.74 Å². The Balaban J connectivity index is 1.85. The predicted octanol–water partition coefficient (Wildman–Crippen LogP) is 1.40. The number of rotatable bonds is 4. The number of aliphatic hydroxyl groups is 1. The molecule has 88 valence electrons. The minimum atomic E-state index is -0.105. The van der Waals surface area contributed by atoms with E-state index in [-0.39, 0.29) is 6.10 Å². The van der Waals surface area contributed by atoms with Crippen molar-refractivity contribution in [1.82, 2.24) is 4.90 Å². The summed E-state index contributed by atoms with van der Waals surface area (Å²) in [4.78, 5) is 2.41. The maximum atomic E-state index is 9.88. The standard InChI is InChI=1S/C12H23NO2/c1-2-13(9-10-5-4-8-15-10)11-6-3-7-12(11)14/h10-12,14H,2-9H2,1H3. The van der Waals surface area contributed by atoms with Crippen molar-refractivity contribution in [2.24, 2.45) is 0 Å². The largest absolute Gasteiger partial charge is 0.391 e. The zero-order valence-electron chi connectivity index (χ0n) is 9.69. The molecule has 3 nitrogen and oxygen atoms in total. The van der Waals surface area contributed by atoms with E-state index in [0.29, 0.717) is 12.1 Å². The van der Waals surface area contributed by atoms with Gasteiger partial charge >= 0.3 is 0 Å². The molecule has 0 radical (unpaired) electrons. The van der Waals surface area contributed by atoms with E-state index in [4.69, 9.17) is 4.74 Å². The highest BCUT2D eigenvalue weighted by atomic mass is 16.5. The minimum Gasteiger partial charge on any atom is -0.391 e. The quantitative estimate of drug-likeness (QED) is 0.766. The second-order valence-corrected chi connectivity index (χ2v) is 4.79. The number of nitrogens with zero attached hydrogens (tertiary/aromatic N) is 1. The molecule has 0 spiro atoms. The molecule has 0 bridgehead atoms. The summed E-state index contributed by atoms with van der Waals surface area (Å²) in [5.41, 5.74) is 0. The molecule has 2 fully saturated rings. The van der Waals surface area contributed by atoms with Crippen LogP contribution in [0.2, 0.25) is 0 Å². The van der Waals surface area contributed by atoms with Crippen molar-refractivity contribution in [2.45, 2.75) is 57.3 Å². The van der Waals surface area contributed by atoms with Crippen molar-refractivity contribution in [3.8, 4) is 0 Å². The van der Waals surface area contributed by atoms with Crippen molar-refractivity contribution in [3.63, 3.8) is 0 Å². The fourth-order valence-corrected chi connectivity index (χ4v) is 2.90. The molecule has 0 aromatic carbocycles. The van der Waals surface area contributed by atoms with Gasteiger partial charge in [0, 0.05) is 19.2 Å². The molecule has 0 aromatic rings. The van der Waals surface area contributed by atoms with E-state index in [2.05, 4.69) is 11.8 Å². The highest BCUT2D eigenvalue weighted by Crippen LogP contribution is 2.25. The normalized spacial score (nSPS) is 36.6. The topological polar surface area (TPSA) is 32.7 Å². The summed E-state index contributed by atoms with van der Waals surface area (Å²) in [6, 6.07) is 0.388. The molecule has 2 aliphatic rings. The Morgan fingerprint density at radius 2 is 2.13 bits per heavy atom. The lowest BCUT2D eigenvalue weighted by molar-refractivity contribution is 0.0259. The van der Waals surface area contributed by atoms with Gasteiger partial charge < -0.3 is 9.84 Å². The summed E-state index contributed by atoms with van der Waals surface area (Å²) in [7, 11) is 0. The van der Waals surface area contributed by atoms with Crippen LogP contribution in [-0.4, -0.2) is 48.0 Å². The number of ether oxygens (including phenoxy) is 1. The van der Waals surface area contributed by atoms with E-state index in [1.807, 2.05) is 0 Å². The van der Waals surface area contributed by atoms with Crippen LogP contribution >= 0.6 is 0 Å². The van der Waals surface area contributed by atoms with Crippen molar-refractivity contribution in [3.05, 3.63) is 0 Å². The molecule has 1 N–H and O–H groups in total. The number of aliphatic hydroxyl groups excluding tert-OH is 1. The van der Waals surface area contributed by atoms with E-state index >= 15 is 0 Å². The van der Waals surface area contributed by atoms with Crippen LogP contribution in [0.1, 0.15) is 39.0 Å². The molecule has 3 unspecified atom stereocenters. The number of hydrogen-bond acceptors (Lipinski definition) is 3. The summed E-state index contributed by atoms with van der Waals surface area (Å²) in [6.45, 7) is 5.15. The van der Waals surface area contributed by atoms with Crippen LogP contribution in [0.25, 0.3) is 0 Å². The van der Waals surface area contributed by atoms with Crippen molar-refractivity contribution in [2.75, 3.05) is 19.7 Å². The Labute approximate surface area is 92.4 Å². The summed E-state index contributed by atoms with van der Waals surface area (Å²) in [6.07, 6.45) is 6.01. The molecule has 1 aliphatic carbocycles. The van der Waals surface area contributed by atoms with Gasteiger partial charge in [0.2, 0.25) is 0 Å². The number of likely N-dealkylation sites (N-methyl/N-ethyl adjacent to an activating group) is 1. The molecule has 1 saturated carbocycles. The average molecular weight is 213 g/mol. The molecule has 15 heavy (non-hydrogen) atoms. The third-order valence-electron chi connectivity index (χ3n) is 3.78. The first kappa shape index (κ1) is 11.4. The second kappa shape index (κ2) is 5.28. The molecule has 1 saturated heterocycles. The molecule has 3 heteroatoms. The molecule has 3 atom stereocenters. The van der Waals surface area contributed by atoms with Gasteiger partial charge in [0.25, 0.3) is 0 Å². The zero-order chi connectivity index (χ0) is 10.7. The summed E-state index contributed by atoms with van der Waals surface area (Å²) in [5, 5.41) is 9.88. The first-order valence-corrected chi connectivity index (χ1v) is 6.35. The van der Waals surface area contributed by atoms with E-state index < -0.39 is 0 Å². The summed E-state index contributed by atoms with van der Waals surface area (Å²) in [5.74, 6) is 0. The summed E-state index contributed by atoms with van der Waals surface area (Å²) < 4.78 is 5.66. The van der Waals surface area contributed by atoms with Crippen LogP contribution in [0.5, 0.6) is 0 Å². The predicted molar refractivity (Wildman–Crippen MR) is 59.9 cm³/mol. The van der Waals surface area contributed by atoms with Gasteiger partial charge in [0.05, 0.1) is 12.2 Å². The van der Waals surface area contributed by atoms with E-state index in [1.54, 1.807) is 0 Å². The van der Waals surface area contributed by atoms with Gasteiger partial charge in [-0.05, 0) is 38.6 Å². The van der Waals surface area contributed by atoms with Crippen LogP contribution in [0.4, 0.5) is 0 Å². The van der Waals surface area contributed by atoms with Gasteiger partial charge in [-0.3, -0.25) is 4.90 Å². The third-order valence-corrected chi connectivity index (χ3v) is 3.78. The first-order chi connectivity index (χ1) is 7.31. The summed E-state index contributed by atoms with van der Waals surface area (Å²) >= 11 is 0. The SMILES string of the molecule is CCN(CC1CCCO1)C1CCCC1O. The fraction of sp³-hybridized carbons (Fsp3) is 1.00. The highest BCUT2D eigenvalue weighted by Gasteiger charge is 2.31. The van der Waals surface area contributed by atoms with Gasteiger partial charge in [0.15, 0.2) is 0 Å². The van der Waals surface area contributed by atoms with Crippen molar-refractivity contribution >= 4 is 0 Å². The maximum Gasteiger partial charge on any atom is 0.0702 e. The van der Waals surface area contributed by atoms with E-state index in [0.717, 1.165) is 32.5 Å². The molecular formula is C12H23NO2. The lowest BCUT2D eigenvalue weighted by atomic mass is 10.1. The first-order valence-electron chi connectivity index (χ1n) is 6.35. The van der Waals surface area contributed by atoms with Crippen molar-refractivity contribution < 1.29 is 9.84 Å². The Kier molecular flexibility index (Phi) is 4.00. The lowest BCUT2D eigenvalue weighted by Gasteiger charge is -2.31. The van der Waals surface area contributed by atoms with Crippen LogP contribution in [0, 0.1) is 0 Å². The molecule has 2 rings (SSSR count). The van der Waals surface area contributed by atoms with Gasteiger partial charge in [-0.15, -0.1) is 0 Å². The highest BCUT2D eigenvalue weighted by molar-refractivity contribution is 4.86. The zero-order valence-corrected chi connectivity index (χ0v) is 9.69. The van der Waals surface area contributed by atoms with Gasteiger partial charge in [-0.25, -0.2) is 0 Å². The van der Waals surface area contributed by atoms with Crippen LogP contribution in [0.15, 0.2) is 0 Å². The molecule has 0 amide bonds. The monoisotopic (exact) mass is 213 g/mol. The Morgan fingerprint density at radius 3 is 2.67 bits per heavy atom. The average Bonchev–Trinajstić information content (AvgIpc) is 2.85. The van der Waals surface area contributed by atoms with E-state index in [9.17, 15) is 5.11 Å².